The van der Waals surface area contributed by atoms with Crippen molar-refractivity contribution in [1.29, 1.82) is 5.26 Å². The lowest BCUT2D eigenvalue weighted by Crippen LogP contribution is -2.48. The van der Waals surface area contributed by atoms with Gasteiger partial charge in [-0.25, -0.2) is 0 Å². The van der Waals surface area contributed by atoms with Crippen LogP contribution in [-0.2, 0) is 15.0 Å². The van der Waals surface area contributed by atoms with Gasteiger partial charge >= 0.3 is 0 Å². The number of nitrogens with zero attached hydrogens (tertiary/aromatic N) is 1. The van der Waals surface area contributed by atoms with E-state index in [1.165, 1.54) is 50.2 Å². The molecule has 0 atom stereocenters. The van der Waals surface area contributed by atoms with Gasteiger partial charge in [0.05, 0.1) is 6.61 Å². The Kier molecular flexibility index (Phi) is 8.67. The zero-order valence-electron chi connectivity index (χ0n) is 26.3. The molecule has 4 aliphatic rings. The highest BCUT2D eigenvalue weighted by Crippen LogP contribution is 2.60. The fourth-order valence-corrected chi connectivity index (χ4v) is 8.05. The molecule has 2 N–H and O–H groups in total. The lowest BCUT2D eigenvalue weighted by atomic mass is 9.48. The van der Waals surface area contributed by atoms with Crippen LogP contribution in [0.2, 0.25) is 0 Å². The second-order valence-electron chi connectivity index (χ2n) is 13.2. The summed E-state index contributed by atoms with van der Waals surface area (Å²) in [5, 5.41) is 15.4. The van der Waals surface area contributed by atoms with E-state index in [2.05, 4.69) is 22.8 Å². The van der Waals surface area contributed by atoms with Crippen LogP contribution < -0.4 is 20.1 Å². The minimum Gasteiger partial charge on any atom is -0.490 e. The summed E-state index contributed by atoms with van der Waals surface area (Å²) in [6.45, 7) is 6.01. The summed E-state index contributed by atoms with van der Waals surface area (Å²) >= 11 is 0. The van der Waals surface area contributed by atoms with Crippen LogP contribution in [0.25, 0.3) is 6.08 Å². The molecular weight excluding hydrogens is 562 g/mol. The molecule has 2 amide bonds. The van der Waals surface area contributed by atoms with Crippen LogP contribution in [0.5, 0.6) is 11.5 Å². The highest BCUT2D eigenvalue weighted by molar-refractivity contribution is 6.09. The van der Waals surface area contributed by atoms with Crippen LogP contribution in [0.4, 0.5) is 11.4 Å². The highest BCUT2D eigenvalue weighted by atomic mass is 16.5. The van der Waals surface area contributed by atoms with Crippen LogP contribution in [0.3, 0.4) is 0 Å². The summed E-state index contributed by atoms with van der Waals surface area (Å²) in [6.07, 6.45) is 9.70. The molecule has 0 aliphatic heterocycles. The zero-order chi connectivity index (χ0) is 31.6. The molecule has 7 nitrogen and oxygen atoms in total. The molecule has 0 aromatic heterocycles. The van der Waals surface area contributed by atoms with Gasteiger partial charge in [0, 0.05) is 11.4 Å². The SMILES string of the molecule is CCOc1cc(/C=C(/C#N)C(=O)Nc2ccc(C)c(C)c2)ccc1OCC(=O)Nc1ccc(C23CC4CC(CC(C4)C2)C3)cc1. The summed E-state index contributed by atoms with van der Waals surface area (Å²) in [6, 6.07) is 21.1. The van der Waals surface area contributed by atoms with Crippen LogP contribution >= 0.6 is 0 Å². The fraction of sp³-hybridized carbons (Fsp3) is 0.395. The Morgan fingerprint density at radius 2 is 1.51 bits per heavy atom. The maximum Gasteiger partial charge on any atom is 0.266 e. The van der Waals surface area contributed by atoms with E-state index in [9.17, 15) is 14.9 Å². The number of nitrogens with one attached hydrogen (secondary N) is 2. The summed E-state index contributed by atoms with van der Waals surface area (Å²) in [5.74, 6) is 2.73. The molecule has 45 heavy (non-hydrogen) atoms. The largest absolute Gasteiger partial charge is 0.490 e. The molecule has 0 spiro atoms. The minimum atomic E-state index is -0.498. The van der Waals surface area contributed by atoms with Gasteiger partial charge in [-0.05, 0) is 147 Å². The van der Waals surface area contributed by atoms with Gasteiger partial charge in [-0.3, -0.25) is 9.59 Å². The monoisotopic (exact) mass is 603 g/mol. The molecule has 4 fully saturated rings. The molecule has 3 aromatic rings. The Morgan fingerprint density at radius 1 is 0.844 bits per heavy atom. The molecule has 0 radical (unpaired) electrons. The van der Waals surface area contributed by atoms with Gasteiger partial charge in [0.15, 0.2) is 18.1 Å². The van der Waals surface area contributed by atoms with E-state index in [1.54, 1.807) is 18.2 Å². The van der Waals surface area contributed by atoms with E-state index in [1.807, 2.05) is 57.2 Å². The second-order valence-corrected chi connectivity index (χ2v) is 13.2. The predicted octanol–water partition coefficient (Wildman–Crippen LogP) is 7.73. The molecule has 4 saturated carbocycles. The molecule has 3 aromatic carbocycles. The average Bonchev–Trinajstić information content (AvgIpc) is 3.01. The van der Waals surface area contributed by atoms with E-state index < -0.39 is 5.91 Å². The van der Waals surface area contributed by atoms with Gasteiger partial charge < -0.3 is 20.1 Å². The topological polar surface area (TPSA) is 100 Å². The number of carbonyl (C=O) groups excluding carboxylic acids is 2. The minimum absolute atomic E-state index is 0.0436. The maximum atomic E-state index is 12.8. The first kappa shape index (κ1) is 30.5. The van der Waals surface area contributed by atoms with Gasteiger partial charge in [0.25, 0.3) is 11.8 Å². The van der Waals surface area contributed by atoms with E-state index in [0.717, 1.165) is 34.6 Å². The predicted molar refractivity (Wildman–Crippen MR) is 176 cm³/mol. The zero-order valence-corrected chi connectivity index (χ0v) is 26.3. The molecule has 7 heteroatoms. The summed E-state index contributed by atoms with van der Waals surface area (Å²) in [5.41, 5.74) is 5.85. The summed E-state index contributed by atoms with van der Waals surface area (Å²) < 4.78 is 11.6. The van der Waals surface area contributed by atoms with Crippen molar-refractivity contribution in [1.82, 2.24) is 0 Å². The Morgan fingerprint density at radius 3 is 2.13 bits per heavy atom. The number of hydrogen-bond acceptors (Lipinski definition) is 5. The van der Waals surface area contributed by atoms with E-state index >= 15 is 0 Å². The van der Waals surface area contributed by atoms with Crippen LogP contribution in [0, 0.1) is 42.9 Å². The van der Waals surface area contributed by atoms with Crippen molar-refractivity contribution in [3.63, 3.8) is 0 Å². The first-order valence-electron chi connectivity index (χ1n) is 16.0. The van der Waals surface area contributed by atoms with E-state index in [-0.39, 0.29) is 18.1 Å². The lowest BCUT2D eigenvalue weighted by Gasteiger charge is -2.57. The Hall–Kier alpha value is -4.57. The normalized spacial score (nSPS) is 23.2. The third kappa shape index (κ3) is 6.76. The summed E-state index contributed by atoms with van der Waals surface area (Å²) in [4.78, 5) is 25.6. The van der Waals surface area contributed by atoms with Crippen molar-refractivity contribution in [3.05, 3.63) is 88.5 Å². The number of carbonyl (C=O) groups is 2. The molecule has 0 saturated heterocycles. The van der Waals surface area contributed by atoms with Crippen molar-refractivity contribution in [2.24, 2.45) is 17.8 Å². The Labute approximate surface area is 265 Å². The molecule has 4 aliphatic carbocycles. The molecule has 0 heterocycles. The van der Waals surface area contributed by atoms with Crippen molar-refractivity contribution in [2.45, 2.75) is 64.7 Å². The molecule has 4 bridgehead atoms. The quantitative estimate of drug-likeness (QED) is 0.182. The number of hydrogen-bond donors (Lipinski definition) is 2. The maximum absolute atomic E-state index is 12.8. The number of rotatable bonds is 10. The molecule has 232 valence electrons. The second kappa shape index (κ2) is 12.8. The van der Waals surface area contributed by atoms with Crippen molar-refractivity contribution in [2.75, 3.05) is 23.8 Å². The van der Waals surface area contributed by atoms with Crippen LogP contribution in [-0.4, -0.2) is 25.0 Å². The average molecular weight is 604 g/mol. The number of benzene rings is 3. The van der Waals surface area contributed by atoms with Gasteiger partial charge in [-0.1, -0.05) is 24.3 Å². The third-order valence-corrected chi connectivity index (χ3v) is 9.89. The third-order valence-electron chi connectivity index (χ3n) is 9.89. The van der Waals surface area contributed by atoms with E-state index in [0.29, 0.717) is 34.8 Å². The van der Waals surface area contributed by atoms with Crippen molar-refractivity contribution in [3.8, 4) is 17.6 Å². The first-order chi connectivity index (χ1) is 21.7. The van der Waals surface area contributed by atoms with Gasteiger partial charge in [0.2, 0.25) is 0 Å². The molecular formula is C38H41N3O4. The molecule has 7 rings (SSSR count). The van der Waals surface area contributed by atoms with Gasteiger partial charge in [-0.2, -0.15) is 5.26 Å². The standard InChI is InChI=1S/C38H41N3O4/c1-4-44-35-18-26(17-30(22-39)37(43)41-33-9-5-24(2)25(3)13-33)6-12-34(35)45-23-36(42)40-32-10-7-31(8-11-32)38-19-27-14-28(20-38)16-29(15-27)21-38/h5-13,17-18,27-29H,4,14-16,19-21,23H2,1-3H3,(H,40,42)(H,41,43)/b30-17-. The summed E-state index contributed by atoms with van der Waals surface area (Å²) in [7, 11) is 0. The number of ether oxygens (including phenoxy) is 2. The smallest absolute Gasteiger partial charge is 0.266 e. The number of amides is 2. The van der Waals surface area contributed by atoms with Crippen molar-refractivity contribution < 1.29 is 19.1 Å². The highest BCUT2D eigenvalue weighted by Gasteiger charge is 2.51. The first-order valence-corrected chi connectivity index (χ1v) is 16.0. The lowest BCUT2D eigenvalue weighted by molar-refractivity contribution is -0.118. The van der Waals surface area contributed by atoms with Gasteiger partial charge in [0.1, 0.15) is 11.6 Å². The number of aryl methyl sites for hydroxylation is 2. The van der Waals surface area contributed by atoms with Crippen LogP contribution in [0.1, 0.15) is 67.7 Å². The Bertz CT molecular complexity index is 1630. The van der Waals surface area contributed by atoms with Gasteiger partial charge in [-0.15, -0.1) is 0 Å². The number of anilines is 2. The number of nitriles is 1. The fourth-order valence-electron chi connectivity index (χ4n) is 8.05. The van der Waals surface area contributed by atoms with Crippen molar-refractivity contribution >= 4 is 29.3 Å². The molecule has 0 unspecified atom stereocenters. The van der Waals surface area contributed by atoms with Crippen LogP contribution in [0.15, 0.2) is 66.2 Å². The Balaban J connectivity index is 1.07. The van der Waals surface area contributed by atoms with E-state index in [4.69, 9.17) is 9.47 Å².